The molecule has 4 aliphatic heterocycles. The first-order chi connectivity index (χ1) is 55.5. The number of carbonyl (C=O) groups excluding carboxylic acids is 5. The molecule has 2 aliphatic carbocycles. The van der Waals surface area contributed by atoms with Gasteiger partial charge in [0.2, 0.25) is 37.8 Å². The van der Waals surface area contributed by atoms with Crippen LogP contribution in [-0.2, 0) is 75.0 Å². The van der Waals surface area contributed by atoms with E-state index in [1.165, 1.54) is 53.7 Å². The Balaban J connectivity index is 0.000000201. The molecular formula is C88H108N10O15S2. The second kappa shape index (κ2) is 38.4. The molecule has 4 saturated heterocycles. The summed E-state index contributed by atoms with van der Waals surface area (Å²) in [5.74, 6) is 0.0201. The van der Waals surface area contributed by atoms with Crippen molar-refractivity contribution in [2.45, 2.75) is 141 Å². The molecule has 2 saturated carbocycles. The van der Waals surface area contributed by atoms with E-state index in [1.54, 1.807) is 29.2 Å². The van der Waals surface area contributed by atoms with Gasteiger partial charge < -0.3 is 63.8 Å². The highest BCUT2D eigenvalue weighted by atomic mass is 32.2. The fraction of sp³-hybridized carbons (Fsp3) is 0.432. The van der Waals surface area contributed by atoms with E-state index in [9.17, 15) is 50.7 Å². The van der Waals surface area contributed by atoms with Gasteiger partial charge in [0.1, 0.15) is 37.8 Å². The number of piperazine rings is 2. The van der Waals surface area contributed by atoms with Gasteiger partial charge in [0.05, 0.1) is 60.3 Å². The van der Waals surface area contributed by atoms with Crippen LogP contribution in [0.2, 0.25) is 0 Å². The zero-order chi connectivity index (χ0) is 81.5. The molecule has 612 valence electrons. The zero-order valence-corrected chi connectivity index (χ0v) is 68.2. The minimum atomic E-state index is -3.28. The number of carbonyl (C=O) groups is 6. The van der Waals surface area contributed by atoms with Crippen molar-refractivity contribution in [3.8, 4) is 34.0 Å². The van der Waals surface area contributed by atoms with E-state index in [2.05, 4.69) is 28.3 Å². The molecule has 6 aliphatic rings. The highest BCUT2D eigenvalue weighted by molar-refractivity contribution is 7.88. The van der Waals surface area contributed by atoms with E-state index in [-0.39, 0.29) is 49.9 Å². The van der Waals surface area contributed by atoms with Crippen LogP contribution in [0.3, 0.4) is 0 Å². The predicted molar refractivity (Wildman–Crippen MR) is 450 cm³/mol. The van der Waals surface area contributed by atoms with Crippen molar-refractivity contribution in [3.05, 3.63) is 180 Å². The summed E-state index contributed by atoms with van der Waals surface area (Å²) >= 11 is 0. The summed E-state index contributed by atoms with van der Waals surface area (Å²) in [5.41, 5.74) is 18.6. The fourth-order valence-corrected chi connectivity index (χ4v) is 18.7. The topological polar surface area (TPSA) is 295 Å². The van der Waals surface area contributed by atoms with E-state index < -0.39 is 38.0 Å². The summed E-state index contributed by atoms with van der Waals surface area (Å²) < 4.78 is 78.5. The largest absolute Gasteiger partial charge is 0.489 e. The molecule has 8 aromatic rings. The van der Waals surface area contributed by atoms with Gasteiger partial charge in [-0.25, -0.2) is 26.4 Å². The number of nitrogens with one attached hydrogen (secondary N) is 1. The maximum absolute atomic E-state index is 13.4. The third-order valence-corrected chi connectivity index (χ3v) is 25.4. The second-order valence-electron chi connectivity index (χ2n) is 30.3. The highest BCUT2D eigenvalue weighted by Gasteiger charge is 2.34. The van der Waals surface area contributed by atoms with Crippen LogP contribution in [0.1, 0.15) is 158 Å². The van der Waals surface area contributed by atoms with Gasteiger partial charge >= 0.3 is 17.9 Å². The molecule has 0 spiro atoms. The molecule has 6 fully saturated rings. The molecule has 0 atom stereocenters. The number of hydrogen-bond donors (Lipinski definition) is 3. The number of sulfonamides is 2. The molecule has 6 heterocycles. The summed E-state index contributed by atoms with van der Waals surface area (Å²) in [6.45, 7) is 13.8. The van der Waals surface area contributed by atoms with Crippen LogP contribution in [0, 0.1) is 0 Å². The molecule has 0 unspecified atom stereocenters. The maximum atomic E-state index is 13.4. The number of aliphatic carboxylic acids is 1. The van der Waals surface area contributed by atoms with Crippen LogP contribution in [0.4, 0.5) is 22.7 Å². The van der Waals surface area contributed by atoms with Crippen LogP contribution in [0.15, 0.2) is 147 Å². The Bertz CT molecular complexity index is 5090. The molecule has 14 rings (SSSR count). The molecule has 0 bridgehead atoms. The number of aromatic nitrogens is 2. The third kappa shape index (κ3) is 20.1. The van der Waals surface area contributed by atoms with Gasteiger partial charge in [-0.2, -0.15) is 8.61 Å². The summed E-state index contributed by atoms with van der Waals surface area (Å²) in [6, 6.07) is 38.7. The minimum Gasteiger partial charge on any atom is -0.489 e. The average molecular weight is 1610 g/mol. The normalized spacial score (nSPS) is 16.7. The Morgan fingerprint density at radius 2 is 0.922 bits per heavy atom. The van der Waals surface area contributed by atoms with Crippen LogP contribution in [0.5, 0.6) is 11.5 Å². The van der Waals surface area contributed by atoms with E-state index in [0.29, 0.717) is 125 Å². The lowest BCUT2D eigenvalue weighted by Gasteiger charge is -2.36. The number of fused-ring (bicyclic) bond motifs is 2. The molecule has 3 amide bonds. The molecule has 25 nitrogen and oxygen atoms in total. The number of rotatable bonds is 27. The molecule has 4 N–H and O–H groups in total. The zero-order valence-electron chi connectivity index (χ0n) is 66.5. The SMILES string of the molecule is C=CCCN.C=CCCNC(=O)Cn1c(-c2ccc(OCc3cc(N4CCCC4=O)ccc3N3CCN(S(C)(=O)=O)CC3)cc2)c(C2CCCCC2)c2ccc(C(=O)OC)cc21.COC(=O)c1ccc2c(C3CCCCC3)c(-c3ccc(OCc4cc(N5CCCC5=O)ccc4N4CCN(S(C)(=O)=O)CC4)cc3)n(CC(=O)O)c2c1. The van der Waals surface area contributed by atoms with Crippen LogP contribution < -0.4 is 40.1 Å². The first-order valence-corrected chi connectivity index (χ1v) is 43.8. The quantitative estimate of drug-likeness (QED) is 0.0245. The number of ether oxygens (including phenoxy) is 4. The van der Waals surface area contributed by atoms with E-state index in [0.717, 1.165) is 155 Å². The lowest BCUT2D eigenvalue weighted by molar-refractivity contribution is -0.137. The van der Waals surface area contributed by atoms with Gasteiger partial charge in [-0.1, -0.05) is 62.8 Å². The Morgan fingerprint density at radius 3 is 1.27 bits per heavy atom. The number of nitrogens with two attached hydrogens (primary N) is 1. The van der Waals surface area contributed by atoms with Crippen LogP contribution in [0.25, 0.3) is 44.3 Å². The number of benzene rings is 6. The summed E-state index contributed by atoms with van der Waals surface area (Å²) in [4.78, 5) is 84.2. The maximum Gasteiger partial charge on any atom is 0.337 e. The standard InChI is InChI=1S/C44H53N5O7S.C40H46N4O8S.C4H9N/c1-4-5-21-45-40(50)29-49-39-28-33(44(52)55-2)15-19-37(39)42(31-10-7-6-8-11-31)43(49)32-13-17-36(18-14-32)56-30-34-27-35(48-22-9-12-41(48)51)16-20-38(34)46-23-25-47(26-24-46)57(3,53)54;1-51-40(48)29-12-16-33-35(24-29)44(25-37(46)47)39(38(33)27-7-4-3-5-8-27)28-10-14-32(15-11-28)52-26-30-23-31(43-18-6-9-36(43)45)13-17-34(30)41-19-21-42(22-20-41)53(2,49)50;1-2-3-4-5/h4,13-20,27-28,31H,1,5-12,21-26,29-30H2,2-3H3,(H,45,50);10-17,23-24,27H,3-9,18-22,25-26H2,1-2H3,(H,46,47);2H,1,3-5H2. The van der Waals surface area contributed by atoms with Crippen molar-refractivity contribution in [1.29, 1.82) is 0 Å². The van der Waals surface area contributed by atoms with E-state index >= 15 is 0 Å². The highest BCUT2D eigenvalue weighted by Crippen LogP contribution is 2.47. The summed E-state index contributed by atoms with van der Waals surface area (Å²) in [5, 5.41) is 15.0. The molecule has 115 heavy (non-hydrogen) atoms. The number of hydrogen-bond acceptors (Lipinski definition) is 17. The van der Waals surface area contributed by atoms with Crippen molar-refractivity contribution in [2.24, 2.45) is 5.73 Å². The van der Waals surface area contributed by atoms with Gasteiger partial charge in [0, 0.05) is 129 Å². The Hall–Kier alpha value is -10.3. The molecule has 2 aromatic heterocycles. The van der Waals surface area contributed by atoms with Crippen LogP contribution in [-0.4, -0.2) is 181 Å². The molecule has 27 heteroatoms. The first-order valence-electron chi connectivity index (χ1n) is 40.1. The minimum absolute atomic E-state index is 0.0790. The number of carboxylic acid groups (broad SMARTS) is 1. The monoisotopic (exact) mass is 1610 g/mol. The van der Waals surface area contributed by atoms with Crippen molar-refractivity contribution in [2.75, 3.05) is 125 Å². The van der Waals surface area contributed by atoms with Gasteiger partial charge in [0.15, 0.2) is 0 Å². The molecular weight excluding hydrogens is 1500 g/mol. The van der Waals surface area contributed by atoms with Crippen molar-refractivity contribution >= 4 is 100 Å². The summed E-state index contributed by atoms with van der Waals surface area (Å²) in [7, 11) is -3.85. The average Bonchev–Trinajstić information content (AvgIpc) is 1.59. The van der Waals surface area contributed by atoms with Gasteiger partial charge in [-0.05, 0) is 201 Å². The summed E-state index contributed by atoms with van der Waals surface area (Å²) in [6.07, 6.45) is 21.3. The molecule has 0 radical (unpaired) electrons. The van der Waals surface area contributed by atoms with Gasteiger partial charge in [0.25, 0.3) is 0 Å². The Kier molecular flexibility index (Phi) is 28.1. The Morgan fingerprint density at radius 1 is 0.513 bits per heavy atom. The molecule has 6 aromatic carbocycles. The van der Waals surface area contributed by atoms with Crippen molar-refractivity contribution < 1.29 is 69.7 Å². The third-order valence-electron chi connectivity index (χ3n) is 22.8. The van der Waals surface area contributed by atoms with Gasteiger partial charge in [-0.3, -0.25) is 19.2 Å². The number of amides is 3. The van der Waals surface area contributed by atoms with Crippen LogP contribution >= 0.6 is 0 Å². The number of carboxylic acids is 1. The predicted octanol–water partition coefficient (Wildman–Crippen LogP) is 13.2. The van der Waals surface area contributed by atoms with Gasteiger partial charge in [-0.15, -0.1) is 13.2 Å². The lowest BCUT2D eigenvalue weighted by atomic mass is 9.81. The van der Waals surface area contributed by atoms with E-state index in [4.69, 9.17) is 24.7 Å². The smallest absolute Gasteiger partial charge is 0.337 e. The lowest BCUT2D eigenvalue weighted by Crippen LogP contribution is -2.48. The van der Waals surface area contributed by atoms with Crippen molar-refractivity contribution in [1.82, 2.24) is 23.1 Å². The van der Waals surface area contributed by atoms with Crippen molar-refractivity contribution in [3.63, 3.8) is 0 Å². The van der Waals surface area contributed by atoms with E-state index in [1.807, 2.05) is 123 Å². The second-order valence-corrected chi connectivity index (χ2v) is 34.3. The first kappa shape index (κ1) is 84.1. The number of esters is 2. The fourth-order valence-electron chi connectivity index (χ4n) is 17.0. The number of nitrogens with zero attached hydrogens (tertiary/aromatic N) is 8. The number of methoxy groups -OCH3 is 2. The number of anilines is 4. The Labute approximate surface area is 674 Å².